The summed E-state index contributed by atoms with van der Waals surface area (Å²) in [5.41, 5.74) is 4.35. The van der Waals surface area contributed by atoms with Gasteiger partial charge in [-0.3, -0.25) is 0 Å². The first kappa shape index (κ1) is 17.5. The molecule has 1 atom stereocenters. The van der Waals surface area contributed by atoms with E-state index in [9.17, 15) is 0 Å². The number of piperidine rings is 1. The fourth-order valence-electron chi connectivity index (χ4n) is 5.26. The molecule has 0 bridgehead atoms. The first-order valence-corrected chi connectivity index (χ1v) is 11.0. The molecule has 3 heteroatoms. The Morgan fingerprint density at radius 2 is 1.78 bits per heavy atom. The van der Waals surface area contributed by atoms with Crippen molar-refractivity contribution in [2.45, 2.75) is 76.1 Å². The minimum Gasteiger partial charge on any atom is -0.490 e. The number of hydrogen-bond donors (Lipinski definition) is 1. The third kappa shape index (κ3) is 3.86. The van der Waals surface area contributed by atoms with Crippen molar-refractivity contribution in [2.75, 3.05) is 13.1 Å². The summed E-state index contributed by atoms with van der Waals surface area (Å²) in [6.07, 6.45) is 17.4. The van der Waals surface area contributed by atoms with E-state index in [2.05, 4.69) is 46.6 Å². The Hall–Kier alpha value is -1.58. The molecule has 0 aromatic heterocycles. The highest BCUT2D eigenvalue weighted by atomic mass is 16.5. The Bertz CT molecular complexity index is 724. The molecule has 2 aliphatic heterocycles. The molecule has 1 saturated carbocycles. The molecule has 0 radical (unpaired) electrons. The van der Waals surface area contributed by atoms with Crippen LogP contribution in [-0.2, 0) is 13.0 Å². The molecule has 0 spiro atoms. The van der Waals surface area contributed by atoms with Gasteiger partial charge in [-0.25, -0.2) is 0 Å². The second-order valence-corrected chi connectivity index (χ2v) is 8.72. The van der Waals surface area contributed by atoms with Gasteiger partial charge in [0.05, 0.1) is 0 Å². The lowest BCUT2D eigenvalue weighted by atomic mass is 9.95. The van der Waals surface area contributed by atoms with Crippen molar-refractivity contribution in [1.82, 2.24) is 10.2 Å². The zero-order chi connectivity index (χ0) is 18.1. The second-order valence-electron chi connectivity index (χ2n) is 8.72. The summed E-state index contributed by atoms with van der Waals surface area (Å²) in [5.74, 6) is 1.08. The van der Waals surface area contributed by atoms with Gasteiger partial charge in [0, 0.05) is 31.7 Å². The molecule has 2 fully saturated rings. The molecule has 5 rings (SSSR count). The minimum absolute atomic E-state index is 0.391. The van der Waals surface area contributed by atoms with Gasteiger partial charge in [0.1, 0.15) is 11.9 Å². The molecule has 27 heavy (non-hydrogen) atoms. The molecule has 1 saturated heterocycles. The predicted molar refractivity (Wildman–Crippen MR) is 110 cm³/mol. The van der Waals surface area contributed by atoms with Gasteiger partial charge in [-0.1, -0.05) is 37.1 Å². The average molecular weight is 365 g/mol. The largest absolute Gasteiger partial charge is 0.490 e. The van der Waals surface area contributed by atoms with E-state index in [4.69, 9.17) is 4.74 Å². The lowest BCUT2D eigenvalue weighted by Crippen LogP contribution is -2.43. The Morgan fingerprint density at radius 3 is 2.52 bits per heavy atom. The van der Waals surface area contributed by atoms with E-state index in [1.807, 2.05) is 0 Å². The second kappa shape index (κ2) is 7.81. The van der Waals surface area contributed by atoms with E-state index >= 15 is 0 Å². The molecule has 4 aliphatic rings. The highest BCUT2D eigenvalue weighted by molar-refractivity contribution is 5.41. The standard InChI is InChI=1S/C24H32N2O/c1-2-7-21(6-1)26-14-12-22(13-15-26)27-23-10-8-20-17-25-24(18-4-3-5-18)11-9-19(20)16-23/h3-5,8,10,16,21-22,24-25H,1-2,6-7,9,11-15,17H2. The van der Waals surface area contributed by atoms with Crippen molar-refractivity contribution >= 4 is 0 Å². The first-order valence-electron chi connectivity index (χ1n) is 11.0. The van der Waals surface area contributed by atoms with E-state index in [-0.39, 0.29) is 0 Å². The predicted octanol–water partition coefficient (Wildman–Crippen LogP) is 4.37. The number of nitrogens with one attached hydrogen (secondary N) is 1. The van der Waals surface area contributed by atoms with Crippen LogP contribution in [0, 0.1) is 0 Å². The van der Waals surface area contributed by atoms with Crippen LogP contribution in [0.3, 0.4) is 0 Å². The zero-order valence-electron chi connectivity index (χ0n) is 16.3. The van der Waals surface area contributed by atoms with Crippen LogP contribution < -0.4 is 10.1 Å². The van der Waals surface area contributed by atoms with Gasteiger partial charge in [-0.05, 0) is 67.4 Å². The van der Waals surface area contributed by atoms with Gasteiger partial charge in [-0.15, -0.1) is 0 Å². The van der Waals surface area contributed by atoms with Crippen molar-refractivity contribution in [2.24, 2.45) is 0 Å². The number of nitrogens with zero attached hydrogens (tertiary/aromatic N) is 1. The van der Waals surface area contributed by atoms with Crippen molar-refractivity contribution in [3.63, 3.8) is 0 Å². The number of allylic oxidation sites excluding steroid dienone is 2. The number of hydrogen-bond acceptors (Lipinski definition) is 3. The van der Waals surface area contributed by atoms with Crippen LogP contribution in [0.2, 0.25) is 0 Å². The molecule has 1 aromatic rings. The molecule has 2 aliphatic carbocycles. The number of fused-ring (bicyclic) bond motifs is 1. The summed E-state index contributed by atoms with van der Waals surface area (Å²) in [5, 5.41) is 3.71. The maximum Gasteiger partial charge on any atom is 0.120 e. The summed E-state index contributed by atoms with van der Waals surface area (Å²) in [6, 6.07) is 8.14. The normalized spacial score (nSPS) is 27.0. The number of likely N-dealkylation sites (tertiary alicyclic amines) is 1. The summed E-state index contributed by atoms with van der Waals surface area (Å²) in [7, 11) is 0. The Labute approximate surface area is 163 Å². The van der Waals surface area contributed by atoms with Crippen LogP contribution in [0.5, 0.6) is 5.75 Å². The SMILES string of the molecule is C1=CC(C2CCc3cc(OC4CCN(C5CCCC5)CC4)ccc3CN2)=C1. The van der Waals surface area contributed by atoms with E-state index in [1.165, 1.54) is 74.7 Å². The van der Waals surface area contributed by atoms with Crippen molar-refractivity contribution in [1.29, 1.82) is 0 Å². The maximum absolute atomic E-state index is 6.41. The lowest BCUT2D eigenvalue weighted by Gasteiger charge is -2.36. The topological polar surface area (TPSA) is 24.5 Å². The molecule has 144 valence electrons. The van der Waals surface area contributed by atoms with E-state index in [0.29, 0.717) is 12.1 Å². The fourth-order valence-corrected chi connectivity index (χ4v) is 5.26. The molecule has 1 N–H and O–H groups in total. The fraction of sp³-hybridized carbons (Fsp3) is 0.583. The van der Waals surface area contributed by atoms with Gasteiger partial charge in [0.25, 0.3) is 0 Å². The summed E-state index contributed by atoms with van der Waals surface area (Å²) >= 11 is 0. The molecule has 0 amide bonds. The Morgan fingerprint density at radius 1 is 0.963 bits per heavy atom. The van der Waals surface area contributed by atoms with Crippen LogP contribution in [-0.4, -0.2) is 36.2 Å². The summed E-state index contributed by atoms with van der Waals surface area (Å²) in [6.45, 7) is 3.40. The minimum atomic E-state index is 0.391. The number of benzene rings is 1. The zero-order valence-corrected chi connectivity index (χ0v) is 16.3. The third-order valence-electron chi connectivity index (χ3n) is 7.02. The molecule has 3 nitrogen and oxygen atoms in total. The van der Waals surface area contributed by atoms with Gasteiger partial charge in [0.15, 0.2) is 0 Å². The van der Waals surface area contributed by atoms with E-state index in [0.717, 1.165) is 24.8 Å². The molecule has 2 heterocycles. The van der Waals surface area contributed by atoms with Crippen molar-refractivity contribution < 1.29 is 4.74 Å². The lowest BCUT2D eigenvalue weighted by molar-refractivity contribution is 0.0767. The average Bonchev–Trinajstić information content (AvgIpc) is 3.11. The highest BCUT2D eigenvalue weighted by Crippen LogP contribution is 2.29. The first-order chi connectivity index (χ1) is 13.3. The Kier molecular flexibility index (Phi) is 5.06. The number of rotatable bonds is 4. The van der Waals surface area contributed by atoms with Crippen LogP contribution >= 0.6 is 0 Å². The highest BCUT2D eigenvalue weighted by Gasteiger charge is 2.28. The van der Waals surface area contributed by atoms with E-state index in [1.54, 1.807) is 0 Å². The van der Waals surface area contributed by atoms with Gasteiger partial charge >= 0.3 is 0 Å². The van der Waals surface area contributed by atoms with Crippen LogP contribution in [0.15, 0.2) is 42.0 Å². The van der Waals surface area contributed by atoms with Crippen LogP contribution in [0.25, 0.3) is 0 Å². The van der Waals surface area contributed by atoms with Crippen LogP contribution in [0.4, 0.5) is 0 Å². The summed E-state index contributed by atoms with van der Waals surface area (Å²) < 4.78 is 6.41. The van der Waals surface area contributed by atoms with Crippen molar-refractivity contribution in [3.8, 4) is 5.75 Å². The smallest absolute Gasteiger partial charge is 0.120 e. The number of ether oxygens (including phenoxy) is 1. The molecule has 1 unspecified atom stereocenters. The summed E-state index contributed by atoms with van der Waals surface area (Å²) in [4.78, 5) is 2.72. The molecular weight excluding hydrogens is 332 g/mol. The van der Waals surface area contributed by atoms with Gasteiger partial charge < -0.3 is 15.0 Å². The Balaban J connectivity index is 1.17. The van der Waals surface area contributed by atoms with Crippen molar-refractivity contribution in [3.05, 3.63) is 53.1 Å². The molecular formula is C24H32N2O. The quantitative estimate of drug-likeness (QED) is 0.858. The molecule has 1 aromatic carbocycles. The maximum atomic E-state index is 6.41. The van der Waals surface area contributed by atoms with Gasteiger partial charge in [-0.2, -0.15) is 0 Å². The van der Waals surface area contributed by atoms with Crippen LogP contribution in [0.1, 0.15) is 56.1 Å². The number of aryl methyl sites for hydroxylation is 1. The van der Waals surface area contributed by atoms with Gasteiger partial charge in [0.2, 0.25) is 0 Å². The third-order valence-corrected chi connectivity index (χ3v) is 7.02. The van der Waals surface area contributed by atoms with E-state index < -0.39 is 0 Å². The monoisotopic (exact) mass is 364 g/mol.